The van der Waals surface area contributed by atoms with Gasteiger partial charge in [-0.15, -0.1) is 0 Å². The quantitative estimate of drug-likeness (QED) is 0.325. The maximum atomic E-state index is 14.3. The number of hydrogen-bond acceptors (Lipinski definition) is 6. The third-order valence-corrected chi connectivity index (χ3v) is 6.72. The van der Waals surface area contributed by atoms with Crippen LogP contribution in [0, 0.1) is 6.92 Å². The van der Waals surface area contributed by atoms with Crippen molar-refractivity contribution in [2.45, 2.75) is 111 Å². The number of rotatable bonds is 11. The first-order chi connectivity index (χ1) is 19.8. The normalized spacial score (nSPS) is 13.3. The van der Waals surface area contributed by atoms with Gasteiger partial charge in [0.15, 0.2) is 0 Å². The molecule has 2 unspecified atom stereocenters. The number of alkyl carbamates (subject to hydrolysis) is 1. The fourth-order valence-corrected chi connectivity index (χ4v) is 4.47. The van der Waals surface area contributed by atoms with Gasteiger partial charge in [-0.25, -0.2) is 9.59 Å². The van der Waals surface area contributed by atoms with Crippen molar-refractivity contribution in [3.8, 4) is 0 Å². The second-order valence-corrected chi connectivity index (χ2v) is 13.4. The molecule has 0 spiro atoms. The number of nitrogens with one attached hydrogen (secondary N) is 2. The zero-order valence-corrected chi connectivity index (χ0v) is 27.4. The molecule has 236 valence electrons. The average molecular weight is 596 g/mol. The van der Waals surface area contributed by atoms with Crippen LogP contribution in [0.3, 0.4) is 0 Å². The van der Waals surface area contributed by atoms with E-state index in [1.54, 1.807) is 47.6 Å². The van der Waals surface area contributed by atoms with Crippen LogP contribution in [0.25, 0.3) is 0 Å². The van der Waals surface area contributed by atoms with Crippen LogP contribution in [0.15, 0.2) is 54.6 Å². The van der Waals surface area contributed by atoms with Crippen molar-refractivity contribution in [1.82, 2.24) is 15.5 Å². The minimum Gasteiger partial charge on any atom is -0.458 e. The predicted molar refractivity (Wildman–Crippen MR) is 167 cm³/mol. The molecule has 0 aliphatic rings. The van der Waals surface area contributed by atoms with Crippen LogP contribution < -0.4 is 10.6 Å². The van der Waals surface area contributed by atoms with Crippen molar-refractivity contribution >= 4 is 23.9 Å². The summed E-state index contributed by atoms with van der Waals surface area (Å²) in [7, 11) is 0. The zero-order valence-electron chi connectivity index (χ0n) is 27.4. The SMILES string of the molecule is CCC(C)(C)N(C(=O)CNC(=O)OC(C)(C)C)C(C(=O)NC(Cc1ccccc1)C(=O)OC(C)(C)C)c1cccc(C)c1. The molecule has 2 N–H and O–H groups in total. The van der Waals surface area contributed by atoms with Crippen LogP contribution in [0.4, 0.5) is 4.79 Å². The average Bonchev–Trinajstić information content (AvgIpc) is 2.88. The highest BCUT2D eigenvalue weighted by atomic mass is 16.6. The van der Waals surface area contributed by atoms with E-state index in [1.165, 1.54) is 4.90 Å². The maximum Gasteiger partial charge on any atom is 0.408 e. The van der Waals surface area contributed by atoms with Crippen molar-refractivity contribution in [1.29, 1.82) is 0 Å². The van der Waals surface area contributed by atoms with Gasteiger partial charge in [-0.1, -0.05) is 67.1 Å². The molecule has 0 saturated carbocycles. The van der Waals surface area contributed by atoms with Gasteiger partial charge in [0.1, 0.15) is 29.8 Å². The number of benzene rings is 2. The van der Waals surface area contributed by atoms with Crippen LogP contribution in [0.2, 0.25) is 0 Å². The fraction of sp³-hybridized carbons (Fsp3) is 0.529. The second kappa shape index (κ2) is 14.5. The molecule has 2 atom stereocenters. The lowest BCUT2D eigenvalue weighted by molar-refractivity contribution is -0.159. The van der Waals surface area contributed by atoms with Gasteiger partial charge in [0, 0.05) is 12.0 Å². The number of nitrogens with zero attached hydrogens (tertiary/aromatic N) is 1. The molecule has 0 saturated heterocycles. The monoisotopic (exact) mass is 595 g/mol. The Labute approximate surface area is 256 Å². The molecule has 0 heterocycles. The molecule has 0 radical (unpaired) electrons. The molecule has 0 aromatic heterocycles. The van der Waals surface area contributed by atoms with Crippen LogP contribution in [0.5, 0.6) is 0 Å². The Morgan fingerprint density at radius 3 is 1.98 bits per heavy atom. The molecule has 9 heteroatoms. The summed E-state index contributed by atoms with van der Waals surface area (Å²) in [6.07, 6.45) is -0.0207. The van der Waals surface area contributed by atoms with E-state index >= 15 is 0 Å². The van der Waals surface area contributed by atoms with Crippen molar-refractivity contribution < 1.29 is 28.7 Å². The molecule has 0 aliphatic heterocycles. The lowest BCUT2D eigenvalue weighted by Gasteiger charge is -2.43. The first kappa shape index (κ1) is 35.3. The highest BCUT2D eigenvalue weighted by Crippen LogP contribution is 2.32. The molecule has 9 nitrogen and oxygen atoms in total. The second-order valence-electron chi connectivity index (χ2n) is 13.4. The summed E-state index contributed by atoms with van der Waals surface area (Å²) in [4.78, 5) is 55.5. The Morgan fingerprint density at radius 1 is 0.837 bits per heavy atom. The van der Waals surface area contributed by atoms with Crippen molar-refractivity contribution in [3.05, 3.63) is 71.3 Å². The van der Waals surface area contributed by atoms with Gasteiger partial charge < -0.3 is 25.0 Å². The highest BCUT2D eigenvalue weighted by Gasteiger charge is 2.41. The summed E-state index contributed by atoms with van der Waals surface area (Å²) >= 11 is 0. The summed E-state index contributed by atoms with van der Waals surface area (Å²) in [6, 6.07) is 14.6. The number of amides is 3. The minimum absolute atomic E-state index is 0.202. The topological polar surface area (TPSA) is 114 Å². The molecule has 2 aromatic carbocycles. The van der Waals surface area contributed by atoms with Gasteiger partial charge in [0.2, 0.25) is 11.8 Å². The minimum atomic E-state index is -1.11. The number of carbonyl (C=O) groups is 4. The number of carbonyl (C=O) groups excluding carboxylic acids is 4. The van der Waals surface area contributed by atoms with Gasteiger partial charge in [0.05, 0.1) is 0 Å². The Bertz CT molecular complexity index is 1260. The van der Waals surface area contributed by atoms with Gasteiger partial charge >= 0.3 is 12.1 Å². The van der Waals surface area contributed by atoms with Gasteiger partial charge in [-0.2, -0.15) is 0 Å². The molecule has 2 aromatic rings. The Kier molecular flexibility index (Phi) is 11.9. The first-order valence-electron chi connectivity index (χ1n) is 14.8. The number of ether oxygens (including phenoxy) is 2. The Balaban J connectivity index is 2.55. The first-order valence-corrected chi connectivity index (χ1v) is 14.8. The van der Waals surface area contributed by atoms with E-state index in [4.69, 9.17) is 9.47 Å². The molecular weight excluding hydrogens is 546 g/mol. The number of aryl methyl sites for hydroxylation is 1. The largest absolute Gasteiger partial charge is 0.458 e. The van der Waals surface area contributed by atoms with E-state index in [1.807, 2.05) is 76.2 Å². The van der Waals surface area contributed by atoms with Crippen LogP contribution in [-0.4, -0.2) is 58.1 Å². The standard InChI is InChI=1S/C34H49N3O6/c1-11-34(9,10)37(27(38)22-35-31(41)43-33(6,7)8)28(25-19-15-16-23(2)20-25)29(39)36-26(30(40)42-32(3,4)5)21-24-17-13-12-14-18-24/h12-20,26,28H,11,21-22H2,1-10H3,(H,35,41)(H,36,39). The Hall–Kier alpha value is -3.88. The van der Waals surface area contributed by atoms with Crippen LogP contribution >= 0.6 is 0 Å². The van der Waals surface area contributed by atoms with Crippen LogP contribution in [0.1, 0.15) is 91.5 Å². The molecule has 0 fully saturated rings. The summed E-state index contributed by atoms with van der Waals surface area (Å²) in [5, 5.41) is 5.45. The fourth-order valence-electron chi connectivity index (χ4n) is 4.47. The third kappa shape index (κ3) is 11.4. The van der Waals surface area contributed by atoms with Gasteiger partial charge in [-0.05, 0) is 79.9 Å². The highest BCUT2D eigenvalue weighted by molar-refractivity contribution is 5.93. The van der Waals surface area contributed by atoms with E-state index in [0.29, 0.717) is 12.0 Å². The molecule has 0 aliphatic carbocycles. The molecular formula is C34H49N3O6. The maximum absolute atomic E-state index is 14.3. The number of esters is 1. The van der Waals surface area contributed by atoms with E-state index in [0.717, 1.165) is 11.1 Å². The van der Waals surface area contributed by atoms with Crippen molar-refractivity contribution in [3.63, 3.8) is 0 Å². The number of hydrogen-bond donors (Lipinski definition) is 2. The molecule has 43 heavy (non-hydrogen) atoms. The van der Waals surface area contributed by atoms with E-state index in [9.17, 15) is 19.2 Å². The molecule has 3 amide bonds. The van der Waals surface area contributed by atoms with E-state index in [-0.39, 0.29) is 13.0 Å². The predicted octanol–water partition coefficient (Wildman–Crippen LogP) is 5.65. The van der Waals surface area contributed by atoms with Crippen molar-refractivity contribution in [2.24, 2.45) is 0 Å². The summed E-state index contributed by atoms with van der Waals surface area (Å²) in [6.45, 7) is 17.7. The summed E-state index contributed by atoms with van der Waals surface area (Å²) < 4.78 is 11.0. The van der Waals surface area contributed by atoms with E-state index in [2.05, 4.69) is 10.6 Å². The van der Waals surface area contributed by atoms with Crippen LogP contribution in [-0.2, 0) is 30.3 Å². The summed E-state index contributed by atoms with van der Waals surface area (Å²) in [5.74, 6) is -1.59. The third-order valence-electron chi connectivity index (χ3n) is 6.72. The van der Waals surface area contributed by atoms with E-state index < -0.39 is 52.7 Å². The van der Waals surface area contributed by atoms with Crippen molar-refractivity contribution in [2.75, 3.05) is 6.54 Å². The Morgan fingerprint density at radius 2 is 1.44 bits per heavy atom. The zero-order chi connectivity index (χ0) is 32.6. The lowest BCUT2D eigenvalue weighted by Crippen LogP contribution is -2.57. The summed E-state index contributed by atoms with van der Waals surface area (Å²) in [5.41, 5.74) is -0.00113. The van der Waals surface area contributed by atoms with Gasteiger partial charge in [0.25, 0.3) is 0 Å². The smallest absolute Gasteiger partial charge is 0.408 e. The van der Waals surface area contributed by atoms with Gasteiger partial charge in [-0.3, -0.25) is 9.59 Å². The molecule has 0 bridgehead atoms. The molecule has 2 rings (SSSR count). The lowest BCUT2D eigenvalue weighted by atomic mass is 9.92.